The molecule has 5 nitrogen and oxygen atoms in total. The highest BCUT2D eigenvalue weighted by Gasteiger charge is 2.11. The summed E-state index contributed by atoms with van der Waals surface area (Å²) in [4.78, 5) is 4.11. The molecule has 0 radical (unpaired) electrons. The molecule has 0 fully saturated rings. The van der Waals surface area contributed by atoms with Crippen molar-refractivity contribution in [1.82, 2.24) is 9.55 Å². The van der Waals surface area contributed by atoms with Gasteiger partial charge in [-0.15, -0.1) is 0 Å². The number of benzene rings is 1. The first-order valence-corrected chi connectivity index (χ1v) is 6.63. The highest BCUT2D eigenvalue weighted by Crippen LogP contribution is 2.30. The number of hydrogen-bond donors (Lipinski definition) is 1. The molecule has 108 valence electrons. The van der Waals surface area contributed by atoms with E-state index in [1.54, 1.807) is 32.6 Å². The molecule has 5 heteroatoms. The van der Waals surface area contributed by atoms with Crippen LogP contribution in [0.15, 0.2) is 30.7 Å². The van der Waals surface area contributed by atoms with Gasteiger partial charge >= 0.3 is 0 Å². The van der Waals surface area contributed by atoms with Crippen molar-refractivity contribution in [1.29, 1.82) is 0 Å². The summed E-state index contributed by atoms with van der Waals surface area (Å²) in [5.41, 5.74) is 1.74. The Morgan fingerprint density at radius 2 is 2.20 bits per heavy atom. The minimum atomic E-state index is -0.591. The van der Waals surface area contributed by atoms with Gasteiger partial charge in [-0.3, -0.25) is 0 Å². The third kappa shape index (κ3) is 3.11. The van der Waals surface area contributed by atoms with E-state index in [0.29, 0.717) is 18.1 Å². The topological polar surface area (TPSA) is 56.5 Å². The number of aromatic nitrogens is 2. The lowest BCUT2D eigenvalue weighted by Crippen LogP contribution is -2.06. The van der Waals surface area contributed by atoms with Gasteiger partial charge in [0.1, 0.15) is 18.1 Å². The maximum absolute atomic E-state index is 9.79. The van der Waals surface area contributed by atoms with E-state index in [1.165, 1.54) is 0 Å². The number of rotatable bonds is 6. The molecule has 0 aliphatic heterocycles. The number of methoxy groups -OCH3 is 1. The first-order chi connectivity index (χ1) is 9.65. The molecule has 1 aromatic carbocycles. The van der Waals surface area contributed by atoms with Crippen molar-refractivity contribution in [2.75, 3.05) is 7.11 Å². The Morgan fingerprint density at radius 3 is 2.85 bits per heavy atom. The molecule has 1 aromatic heterocycles. The van der Waals surface area contributed by atoms with E-state index in [-0.39, 0.29) is 0 Å². The minimum absolute atomic E-state index is 0.403. The fraction of sp³-hybridized carbons (Fsp3) is 0.400. The van der Waals surface area contributed by atoms with Crippen molar-refractivity contribution >= 4 is 0 Å². The Bertz CT molecular complexity index is 564. The second kappa shape index (κ2) is 6.43. The van der Waals surface area contributed by atoms with E-state index in [1.807, 2.05) is 16.7 Å². The molecule has 2 rings (SSSR count). The van der Waals surface area contributed by atoms with Gasteiger partial charge in [0.05, 0.1) is 31.4 Å². The molecule has 1 N–H and O–H groups in total. The van der Waals surface area contributed by atoms with E-state index in [0.717, 1.165) is 17.8 Å². The Balaban J connectivity index is 2.19. The van der Waals surface area contributed by atoms with Crippen molar-refractivity contribution in [3.8, 4) is 11.5 Å². The molecule has 1 atom stereocenters. The van der Waals surface area contributed by atoms with Gasteiger partial charge < -0.3 is 19.1 Å². The number of hydrogen-bond acceptors (Lipinski definition) is 4. The number of aryl methyl sites for hydroxylation is 1. The minimum Gasteiger partial charge on any atom is -0.497 e. The molecule has 2 aromatic rings. The summed E-state index contributed by atoms with van der Waals surface area (Å²) in [5.74, 6) is 1.33. The molecule has 0 saturated carbocycles. The highest BCUT2D eigenvalue weighted by atomic mass is 16.5. The lowest BCUT2D eigenvalue weighted by molar-refractivity contribution is 0.189. The van der Waals surface area contributed by atoms with Crippen molar-refractivity contribution in [3.05, 3.63) is 42.0 Å². The zero-order valence-corrected chi connectivity index (χ0v) is 12.0. The van der Waals surface area contributed by atoms with Crippen LogP contribution in [0.2, 0.25) is 0 Å². The number of ether oxygens (including phenoxy) is 2. The average molecular weight is 276 g/mol. The van der Waals surface area contributed by atoms with Crippen LogP contribution in [0.4, 0.5) is 0 Å². The largest absolute Gasteiger partial charge is 0.497 e. The van der Waals surface area contributed by atoms with Gasteiger partial charge in [-0.05, 0) is 26.0 Å². The quantitative estimate of drug-likeness (QED) is 0.881. The van der Waals surface area contributed by atoms with E-state index in [4.69, 9.17) is 9.47 Å². The summed E-state index contributed by atoms with van der Waals surface area (Å²) < 4.78 is 13.0. The smallest absolute Gasteiger partial charge is 0.130 e. The molecule has 20 heavy (non-hydrogen) atoms. The van der Waals surface area contributed by atoms with E-state index >= 15 is 0 Å². The van der Waals surface area contributed by atoms with Crippen LogP contribution >= 0.6 is 0 Å². The normalized spacial score (nSPS) is 12.2. The molecular formula is C15H20N2O3. The Labute approximate surface area is 118 Å². The van der Waals surface area contributed by atoms with Gasteiger partial charge in [0, 0.05) is 18.2 Å². The Kier molecular flexibility index (Phi) is 4.63. The molecule has 0 aliphatic rings. The first kappa shape index (κ1) is 14.4. The fourth-order valence-corrected chi connectivity index (χ4v) is 2.02. The third-order valence-electron chi connectivity index (χ3n) is 3.19. The number of nitrogens with zero attached hydrogens (tertiary/aromatic N) is 2. The summed E-state index contributed by atoms with van der Waals surface area (Å²) in [6.07, 6.45) is 2.97. The lowest BCUT2D eigenvalue weighted by Gasteiger charge is -2.15. The predicted octanol–water partition coefficient (Wildman–Crippen LogP) is 2.54. The zero-order valence-electron chi connectivity index (χ0n) is 12.0. The molecule has 1 heterocycles. The zero-order chi connectivity index (χ0) is 14.5. The van der Waals surface area contributed by atoms with Crippen LogP contribution in [-0.4, -0.2) is 21.8 Å². The van der Waals surface area contributed by atoms with Gasteiger partial charge in [-0.2, -0.15) is 0 Å². The van der Waals surface area contributed by atoms with Gasteiger partial charge in [-0.1, -0.05) is 0 Å². The first-order valence-electron chi connectivity index (χ1n) is 6.63. The van der Waals surface area contributed by atoms with E-state index < -0.39 is 6.10 Å². The summed E-state index contributed by atoms with van der Waals surface area (Å²) in [5, 5.41) is 9.79. The van der Waals surface area contributed by atoms with Crippen LogP contribution < -0.4 is 9.47 Å². The number of aliphatic hydroxyl groups is 1. The molecule has 0 saturated heterocycles. The van der Waals surface area contributed by atoms with Crippen molar-refractivity contribution in [2.24, 2.45) is 0 Å². The lowest BCUT2D eigenvalue weighted by atomic mass is 10.1. The average Bonchev–Trinajstić information content (AvgIpc) is 2.91. The van der Waals surface area contributed by atoms with Crippen molar-refractivity contribution in [2.45, 2.75) is 33.1 Å². The molecule has 0 amide bonds. The summed E-state index contributed by atoms with van der Waals surface area (Å²) in [6.45, 7) is 5.02. The number of aliphatic hydroxyl groups excluding tert-OH is 1. The van der Waals surface area contributed by atoms with Gasteiger partial charge in [0.15, 0.2) is 0 Å². The molecular weight excluding hydrogens is 256 g/mol. The summed E-state index contributed by atoms with van der Waals surface area (Å²) in [6, 6.07) is 5.41. The molecule has 0 aliphatic carbocycles. The maximum Gasteiger partial charge on any atom is 0.130 e. The SMILES string of the molecule is CCn1cncc1COc1cc(OC)ccc1[C@H](C)O. The fourth-order valence-electron chi connectivity index (χ4n) is 2.02. The standard InChI is InChI=1S/C15H20N2O3/c1-4-17-10-16-8-12(17)9-20-15-7-13(19-3)5-6-14(15)11(2)18/h5-8,10-11,18H,4,9H2,1-3H3/t11-/m0/s1. The maximum atomic E-state index is 9.79. The predicted molar refractivity (Wildman–Crippen MR) is 75.9 cm³/mol. The van der Waals surface area contributed by atoms with Crippen LogP contribution in [0.25, 0.3) is 0 Å². The molecule has 0 unspecified atom stereocenters. The van der Waals surface area contributed by atoms with Crippen LogP contribution in [0, 0.1) is 0 Å². The van der Waals surface area contributed by atoms with E-state index in [9.17, 15) is 5.11 Å². The second-order valence-electron chi connectivity index (χ2n) is 4.54. The van der Waals surface area contributed by atoms with E-state index in [2.05, 4.69) is 11.9 Å². The molecule has 0 bridgehead atoms. The van der Waals surface area contributed by atoms with Crippen LogP contribution in [0.3, 0.4) is 0 Å². The monoisotopic (exact) mass is 276 g/mol. The van der Waals surface area contributed by atoms with Gasteiger partial charge in [-0.25, -0.2) is 4.98 Å². The second-order valence-corrected chi connectivity index (χ2v) is 4.54. The van der Waals surface area contributed by atoms with Gasteiger partial charge in [0.2, 0.25) is 0 Å². The van der Waals surface area contributed by atoms with Crippen molar-refractivity contribution < 1.29 is 14.6 Å². The van der Waals surface area contributed by atoms with Crippen LogP contribution in [0.1, 0.15) is 31.2 Å². The Morgan fingerprint density at radius 1 is 1.40 bits per heavy atom. The Hall–Kier alpha value is -2.01. The summed E-state index contributed by atoms with van der Waals surface area (Å²) >= 11 is 0. The highest BCUT2D eigenvalue weighted by molar-refractivity contribution is 5.41. The molecule has 0 spiro atoms. The number of imidazole rings is 1. The van der Waals surface area contributed by atoms with Crippen molar-refractivity contribution in [3.63, 3.8) is 0 Å². The van der Waals surface area contributed by atoms with Crippen LogP contribution in [-0.2, 0) is 13.2 Å². The summed E-state index contributed by atoms with van der Waals surface area (Å²) in [7, 11) is 1.60. The van der Waals surface area contributed by atoms with Crippen LogP contribution in [0.5, 0.6) is 11.5 Å². The van der Waals surface area contributed by atoms with Gasteiger partial charge in [0.25, 0.3) is 0 Å². The third-order valence-corrected chi connectivity index (χ3v) is 3.19.